The van der Waals surface area contributed by atoms with Crippen LogP contribution in [0.3, 0.4) is 0 Å². The molecule has 2 aromatic carbocycles. The number of carbonyl (C=O) groups is 2. The maximum absolute atomic E-state index is 12.8. The molecule has 0 bridgehead atoms. The molecule has 2 N–H and O–H groups in total. The molecular weight excluding hydrogens is 382 g/mol. The lowest BCUT2D eigenvalue weighted by atomic mass is 10.1. The number of anilines is 2. The van der Waals surface area contributed by atoms with Gasteiger partial charge in [0.2, 0.25) is 0 Å². The van der Waals surface area contributed by atoms with E-state index >= 15 is 0 Å². The zero-order valence-electron chi connectivity index (χ0n) is 17.8. The van der Waals surface area contributed by atoms with Crippen LogP contribution in [0.4, 0.5) is 11.4 Å². The number of hydrogen-bond donors (Lipinski definition) is 2. The van der Waals surface area contributed by atoms with Gasteiger partial charge in [-0.2, -0.15) is 0 Å². The molecule has 1 heterocycles. The van der Waals surface area contributed by atoms with E-state index in [9.17, 15) is 9.59 Å². The third-order valence-electron chi connectivity index (χ3n) is 5.09. The quantitative estimate of drug-likeness (QED) is 0.692. The Morgan fingerprint density at radius 1 is 0.967 bits per heavy atom. The van der Waals surface area contributed by atoms with Crippen LogP contribution in [-0.4, -0.2) is 45.7 Å². The lowest BCUT2D eigenvalue weighted by Crippen LogP contribution is -2.28. The van der Waals surface area contributed by atoms with E-state index in [1.54, 1.807) is 24.3 Å². The average molecular weight is 412 g/mol. The van der Waals surface area contributed by atoms with Gasteiger partial charge in [-0.3, -0.25) is 9.59 Å². The molecule has 2 aromatic rings. The first-order chi connectivity index (χ1) is 14.5. The number of nitrogens with zero attached hydrogens (tertiary/aromatic N) is 1. The van der Waals surface area contributed by atoms with Crippen LogP contribution in [-0.2, 0) is 0 Å². The van der Waals surface area contributed by atoms with Gasteiger partial charge in [-0.1, -0.05) is 6.92 Å². The van der Waals surface area contributed by atoms with E-state index in [2.05, 4.69) is 15.5 Å². The number of nitrogens with one attached hydrogen (secondary N) is 2. The maximum atomic E-state index is 12.8. The zero-order chi connectivity index (χ0) is 21.5. The number of carbonyl (C=O) groups excluding carboxylic acids is 2. The van der Waals surface area contributed by atoms with Crippen LogP contribution in [0.1, 0.15) is 46.9 Å². The Morgan fingerprint density at radius 3 is 2.23 bits per heavy atom. The summed E-state index contributed by atoms with van der Waals surface area (Å²) in [6, 6.07) is 10.5. The Hall–Kier alpha value is -3.22. The van der Waals surface area contributed by atoms with Gasteiger partial charge in [-0.25, -0.2) is 0 Å². The van der Waals surface area contributed by atoms with Gasteiger partial charge in [0.25, 0.3) is 11.8 Å². The maximum Gasteiger partial charge on any atom is 0.255 e. The summed E-state index contributed by atoms with van der Waals surface area (Å²) in [5.74, 6) is 0.631. The van der Waals surface area contributed by atoms with E-state index in [1.807, 2.05) is 19.1 Å². The molecule has 1 fully saturated rings. The van der Waals surface area contributed by atoms with Crippen LogP contribution < -0.4 is 25.0 Å². The molecule has 0 unspecified atom stereocenters. The lowest BCUT2D eigenvalue weighted by Gasteiger charge is -2.22. The number of ether oxygens (including phenoxy) is 2. The van der Waals surface area contributed by atoms with Crippen molar-refractivity contribution in [2.45, 2.75) is 26.2 Å². The van der Waals surface area contributed by atoms with E-state index in [4.69, 9.17) is 9.47 Å². The van der Waals surface area contributed by atoms with Crippen molar-refractivity contribution in [3.63, 3.8) is 0 Å². The normalized spacial score (nSPS) is 13.1. The second-order valence-corrected chi connectivity index (χ2v) is 7.24. The van der Waals surface area contributed by atoms with Gasteiger partial charge in [0.15, 0.2) is 0 Å². The number of benzene rings is 2. The summed E-state index contributed by atoms with van der Waals surface area (Å²) in [5.41, 5.74) is 2.45. The van der Waals surface area contributed by atoms with E-state index in [0.717, 1.165) is 38.0 Å². The smallest absolute Gasteiger partial charge is 0.255 e. The third kappa shape index (κ3) is 5.03. The van der Waals surface area contributed by atoms with Crippen molar-refractivity contribution in [2.75, 3.05) is 44.1 Å². The van der Waals surface area contributed by atoms with Gasteiger partial charge in [0.05, 0.1) is 19.8 Å². The highest BCUT2D eigenvalue weighted by atomic mass is 16.5. The average Bonchev–Trinajstić information content (AvgIpc) is 3.31. The summed E-state index contributed by atoms with van der Waals surface area (Å²) in [7, 11) is 3.07. The molecule has 0 aromatic heterocycles. The first-order valence-corrected chi connectivity index (χ1v) is 10.3. The molecule has 0 aliphatic carbocycles. The minimum Gasteiger partial charge on any atom is -0.497 e. The highest BCUT2D eigenvalue weighted by molar-refractivity contribution is 6.06. The predicted octanol–water partition coefficient (Wildman–Crippen LogP) is 3.70. The zero-order valence-corrected chi connectivity index (χ0v) is 17.8. The van der Waals surface area contributed by atoms with E-state index in [-0.39, 0.29) is 11.8 Å². The fourth-order valence-corrected chi connectivity index (χ4v) is 3.51. The SMILES string of the molecule is CCCNC(=O)c1cc(NC(=O)c2cc(OC)cc(OC)c2)ccc1N1CCCC1. The van der Waals surface area contributed by atoms with E-state index in [0.29, 0.717) is 34.9 Å². The van der Waals surface area contributed by atoms with Gasteiger partial charge >= 0.3 is 0 Å². The van der Waals surface area contributed by atoms with Crippen molar-refractivity contribution in [1.29, 1.82) is 0 Å². The number of methoxy groups -OCH3 is 2. The Kier molecular flexibility index (Phi) is 7.17. The molecule has 30 heavy (non-hydrogen) atoms. The van der Waals surface area contributed by atoms with Gasteiger partial charge in [0, 0.05) is 42.6 Å². The molecule has 7 heteroatoms. The van der Waals surface area contributed by atoms with Crippen molar-refractivity contribution in [3.05, 3.63) is 47.5 Å². The molecule has 0 saturated carbocycles. The molecule has 0 atom stereocenters. The molecule has 3 rings (SSSR count). The van der Waals surface area contributed by atoms with Crippen LogP contribution >= 0.6 is 0 Å². The van der Waals surface area contributed by atoms with Crippen LogP contribution in [0.5, 0.6) is 11.5 Å². The molecule has 1 saturated heterocycles. The fourth-order valence-electron chi connectivity index (χ4n) is 3.51. The van der Waals surface area contributed by atoms with E-state index in [1.165, 1.54) is 14.2 Å². The van der Waals surface area contributed by atoms with Crippen molar-refractivity contribution in [1.82, 2.24) is 5.32 Å². The summed E-state index contributed by atoms with van der Waals surface area (Å²) < 4.78 is 10.5. The predicted molar refractivity (Wildman–Crippen MR) is 118 cm³/mol. The topological polar surface area (TPSA) is 79.9 Å². The van der Waals surface area contributed by atoms with Crippen LogP contribution in [0, 0.1) is 0 Å². The summed E-state index contributed by atoms with van der Waals surface area (Å²) >= 11 is 0. The molecular formula is C23H29N3O4. The summed E-state index contributed by atoms with van der Waals surface area (Å²) in [6.45, 7) is 4.49. The summed E-state index contributed by atoms with van der Waals surface area (Å²) in [4.78, 5) is 27.8. The Morgan fingerprint density at radius 2 is 1.63 bits per heavy atom. The van der Waals surface area contributed by atoms with Gasteiger partial charge < -0.3 is 25.0 Å². The Bertz CT molecular complexity index is 885. The number of rotatable bonds is 8. The van der Waals surface area contributed by atoms with Crippen molar-refractivity contribution in [2.24, 2.45) is 0 Å². The molecule has 7 nitrogen and oxygen atoms in total. The number of amides is 2. The molecule has 0 spiro atoms. The monoisotopic (exact) mass is 411 g/mol. The third-order valence-corrected chi connectivity index (χ3v) is 5.09. The summed E-state index contributed by atoms with van der Waals surface area (Å²) in [5, 5.41) is 5.82. The minimum atomic E-state index is -0.305. The van der Waals surface area contributed by atoms with Crippen LogP contribution in [0.25, 0.3) is 0 Å². The molecule has 2 amide bonds. The first-order valence-electron chi connectivity index (χ1n) is 10.3. The summed E-state index contributed by atoms with van der Waals surface area (Å²) in [6.07, 6.45) is 3.09. The fraction of sp³-hybridized carbons (Fsp3) is 0.391. The number of hydrogen-bond acceptors (Lipinski definition) is 5. The van der Waals surface area contributed by atoms with Crippen molar-refractivity contribution in [3.8, 4) is 11.5 Å². The standard InChI is InChI=1S/C23H29N3O4/c1-4-9-24-23(28)20-14-17(7-8-21(20)26-10-5-6-11-26)25-22(27)16-12-18(29-2)15-19(13-16)30-3/h7-8,12-15H,4-6,9-11H2,1-3H3,(H,24,28)(H,25,27). The Labute approximate surface area is 177 Å². The van der Waals surface area contributed by atoms with Crippen LogP contribution in [0.15, 0.2) is 36.4 Å². The second-order valence-electron chi connectivity index (χ2n) is 7.24. The highest BCUT2D eigenvalue weighted by Crippen LogP contribution is 2.28. The Balaban J connectivity index is 1.87. The van der Waals surface area contributed by atoms with E-state index < -0.39 is 0 Å². The largest absolute Gasteiger partial charge is 0.497 e. The molecule has 160 valence electrons. The lowest BCUT2D eigenvalue weighted by molar-refractivity contribution is 0.0952. The van der Waals surface area contributed by atoms with Crippen molar-refractivity contribution >= 4 is 23.2 Å². The highest BCUT2D eigenvalue weighted by Gasteiger charge is 2.20. The van der Waals surface area contributed by atoms with Gasteiger partial charge in [-0.05, 0) is 49.6 Å². The minimum absolute atomic E-state index is 0.127. The van der Waals surface area contributed by atoms with Crippen molar-refractivity contribution < 1.29 is 19.1 Å². The molecule has 1 aliphatic rings. The van der Waals surface area contributed by atoms with Crippen LogP contribution in [0.2, 0.25) is 0 Å². The second kappa shape index (κ2) is 10.0. The molecule has 0 radical (unpaired) electrons. The van der Waals surface area contributed by atoms with Gasteiger partial charge in [0.1, 0.15) is 11.5 Å². The van der Waals surface area contributed by atoms with Gasteiger partial charge in [-0.15, -0.1) is 0 Å². The molecule has 1 aliphatic heterocycles. The first kappa shape index (κ1) is 21.5.